The van der Waals surface area contributed by atoms with Gasteiger partial charge in [-0.25, -0.2) is 8.42 Å². The van der Waals surface area contributed by atoms with Crippen molar-refractivity contribution < 1.29 is 8.42 Å². The lowest BCUT2D eigenvalue weighted by atomic mass is 9.67. The molecular weight excluding hydrogens is 344 g/mol. The fraction of sp³-hybridized carbons (Fsp3) is 0.333. The van der Waals surface area contributed by atoms with Crippen molar-refractivity contribution in [1.29, 1.82) is 0 Å². The van der Waals surface area contributed by atoms with Crippen LogP contribution >= 0.6 is 0 Å². The van der Waals surface area contributed by atoms with E-state index >= 15 is 0 Å². The molecule has 5 heteroatoms. The molecule has 26 heavy (non-hydrogen) atoms. The lowest BCUT2D eigenvalue weighted by Crippen LogP contribution is -2.38. The van der Waals surface area contributed by atoms with Crippen LogP contribution in [0, 0.1) is 5.41 Å². The summed E-state index contributed by atoms with van der Waals surface area (Å²) in [4.78, 5) is 0. The van der Waals surface area contributed by atoms with Crippen molar-refractivity contribution in [2.45, 2.75) is 19.3 Å². The zero-order valence-corrected chi connectivity index (χ0v) is 15.8. The third-order valence-corrected chi connectivity index (χ3v) is 6.01. The van der Waals surface area contributed by atoms with Crippen LogP contribution < -0.4 is 10.0 Å². The van der Waals surface area contributed by atoms with Gasteiger partial charge in [-0.1, -0.05) is 42.5 Å². The summed E-state index contributed by atoms with van der Waals surface area (Å²) < 4.78 is 25.4. The van der Waals surface area contributed by atoms with Crippen LogP contribution in [0.5, 0.6) is 0 Å². The van der Waals surface area contributed by atoms with Gasteiger partial charge in [-0.3, -0.25) is 4.72 Å². The molecule has 0 unspecified atom stereocenters. The number of allylic oxidation sites excluding steroid dienone is 1. The Hall–Kier alpha value is -2.11. The van der Waals surface area contributed by atoms with Gasteiger partial charge in [0.05, 0.1) is 6.26 Å². The third kappa shape index (κ3) is 3.55. The molecule has 1 fully saturated rings. The average molecular weight is 369 g/mol. The Balaban J connectivity index is 1.74. The molecule has 4 rings (SSSR count). The average Bonchev–Trinajstić information content (AvgIpc) is 2.61. The van der Waals surface area contributed by atoms with Crippen LogP contribution in [0.4, 0.5) is 5.69 Å². The third-order valence-electron chi connectivity index (χ3n) is 5.40. The number of hydrogen-bond acceptors (Lipinski definition) is 3. The van der Waals surface area contributed by atoms with Gasteiger partial charge in [0.15, 0.2) is 0 Å². The second kappa shape index (κ2) is 6.56. The first-order chi connectivity index (χ1) is 12.4. The predicted octanol–water partition coefficient (Wildman–Crippen LogP) is 3.42. The molecule has 1 aliphatic heterocycles. The molecule has 1 heterocycles. The predicted molar refractivity (Wildman–Crippen MR) is 107 cm³/mol. The normalized spacial score (nSPS) is 18.9. The first-order valence-electron chi connectivity index (χ1n) is 9.04. The Labute approximate surface area is 155 Å². The van der Waals surface area contributed by atoms with Crippen molar-refractivity contribution in [2.75, 3.05) is 24.1 Å². The van der Waals surface area contributed by atoms with E-state index in [1.165, 1.54) is 23.0 Å². The second-order valence-electron chi connectivity index (χ2n) is 7.46. The number of sulfonamides is 1. The SMILES string of the molecule is CS(=O)(=O)Nc1ccc(C2=CC3(CCNCC3)Cc3ccccc32)cc1. The Kier molecular flexibility index (Phi) is 4.37. The molecule has 0 amide bonds. The summed E-state index contributed by atoms with van der Waals surface area (Å²) in [6.07, 6.45) is 7.04. The van der Waals surface area contributed by atoms with Gasteiger partial charge in [0, 0.05) is 5.69 Å². The van der Waals surface area contributed by atoms with Gasteiger partial charge in [0.2, 0.25) is 10.0 Å². The topological polar surface area (TPSA) is 58.2 Å². The Morgan fingerprint density at radius 3 is 2.38 bits per heavy atom. The standard InChI is InChI=1S/C21H24N2O2S/c1-26(24,25)23-18-8-6-16(7-9-18)20-15-21(10-12-22-13-11-21)14-17-4-2-3-5-19(17)20/h2-9,15,22-23H,10-14H2,1H3. The fourth-order valence-electron chi connectivity index (χ4n) is 4.17. The summed E-state index contributed by atoms with van der Waals surface area (Å²) in [7, 11) is -3.26. The van der Waals surface area contributed by atoms with Gasteiger partial charge in [0.1, 0.15) is 0 Å². The molecule has 0 bridgehead atoms. The van der Waals surface area contributed by atoms with E-state index in [1.54, 1.807) is 0 Å². The van der Waals surface area contributed by atoms with E-state index in [1.807, 2.05) is 24.3 Å². The molecule has 2 aliphatic rings. The molecule has 136 valence electrons. The van der Waals surface area contributed by atoms with Crippen LogP contribution in [-0.4, -0.2) is 27.8 Å². The number of anilines is 1. The van der Waals surface area contributed by atoms with E-state index in [-0.39, 0.29) is 5.41 Å². The van der Waals surface area contributed by atoms with E-state index < -0.39 is 10.0 Å². The summed E-state index contributed by atoms with van der Waals surface area (Å²) in [6, 6.07) is 16.3. The number of fused-ring (bicyclic) bond motifs is 1. The van der Waals surface area contributed by atoms with E-state index in [4.69, 9.17) is 0 Å². The molecule has 1 spiro atoms. The molecule has 0 saturated carbocycles. The van der Waals surface area contributed by atoms with E-state index in [9.17, 15) is 8.42 Å². The molecule has 0 radical (unpaired) electrons. The molecule has 1 saturated heterocycles. The minimum absolute atomic E-state index is 0.221. The van der Waals surface area contributed by atoms with E-state index in [0.717, 1.165) is 37.9 Å². The molecule has 2 aromatic rings. The first-order valence-corrected chi connectivity index (χ1v) is 10.9. The van der Waals surface area contributed by atoms with Crippen molar-refractivity contribution in [3.05, 3.63) is 71.3 Å². The van der Waals surface area contributed by atoms with Crippen molar-refractivity contribution >= 4 is 21.3 Å². The minimum Gasteiger partial charge on any atom is -0.317 e. The summed E-state index contributed by atoms with van der Waals surface area (Å²) in [5, 5.41) is 3.47. The summed E-state index contributed by atoms with van der Waals surface area (Å²) in [5.41, 5.74) is 5.91. The van der Waals surface area contributed by atoms with Gasteiger partial charge in [-0.15, -0.1) is 0 Å². The van der Waals surface area contributed by atoms with Gasteiger partial charge < -0.3 is 5.32 Å². The summed E-state index contributed by atoms with van der Waals surface area (Å²) >= 11 is 0. The van der Waals surface area contributed by atoms with Gasteiger partial charge >= 0.3 is 0 Å². The van der Waals surface area contributed by atoms with Crippen molar-refractivity contribution in [3.8, 4) is 0 Å². The lowest BCUT2D eigenvalue weighted by Gasteiger charge is -2.39. The van der Waals surface area contributed by atoms with Gasteiger partial charge in [-0.05, 0) is 72.2 Å². The summed E-state index contributed by atoms with van der Waals surface area (Å²) in [6.45, 7) is 2.12. The van der Waals surface area contributed by atoms with Crippen LogP contribution in [-0.2, 0) is 16.4 Å². The zero-order chi connectivity index (χ0) is 18.2. The minimum atomic E-state index is -3.26. The number of rotatable bonds is 3. The van der Waals surface area contributed by atoms with E-state index in [0.29, 0.717) is 5.69 Å². The molecule has 2 N–H and O–H groups in total. The number of benzene rings is 2. The van der Waals surface area contributed by atoms with E-state index in [2.05, 4.69) is 40.4 Å². The zero-order valence-electron chi connectivity index (χ0n) is 15.0. The van der Waals surface area contributed by atoms with Crippen molar-refractivity contribution in [3.63, 3.8) is 0 Å². The number of nitrogens with one attached hydrogen (secondary N) is 2. The van der Waals surface area contributed by atoms with Crippen LogP contribution in [0.25, 0.3) is 5.57 Å². The highest BCUT2D eigenvalue weighted by molar-refractivity contribution is 7.92. The quantitative estimate of drug-likeness (QED) is 0.873. The molecule has 4 nitrogen and oxygen atoms in total. The van der Waals surface area contributed by atoms with Crippen molar-refractivity contribution in [1.82, 2.24) is 5.32 Å². The largest absolute Gasteiger partial charge is 0.317 e. The highest BCUT2D eigenvalue weighted by atomic mass is 32.2. The molecule has 0 atom stereocenters. The van der Waals surface area contributed by atoms with Crippen LogP contribution in [0.1, 0.15) is 29.5 Å². The number of piperidine rings is 1. The second-order valence-corrected chi connectivity index (χ2v) is 9.20. The maximum atomic E-state index is 11.4. The molecular formula is C21H24N2O2S. The van der Waals surface area contributed by atoms with Crippen molar-refractivity contribution in [2.24, 2.45) is 5.41 Å². The smallest absolute Gasteiger partial charge is 0.229 e. The van der Waals surface area contributed by atoms with Crippen LogP contribution in [0.3, 0.4) is 0 Å². The Bertz CT molecular complexity index is 940. The Morgan fingerprint density at radius 1 is 1.00 bits per heavy atom. The first kappa shape index (κ1) is 17.3. The molecule has 2 aromatic carbocycles. The number of hydrogen-bond donors (Lipinski definition) is 2. The van der Waals surface area contributed by atoms with Gasteiger partial charge in [-0.2, -0.15) is 0 Å². The molecule has 1 aliphatic carbocycles. The Morgan fingerprint density at radius 2 is 1.69 bits per heavy atom. The maximum absolute atomic E-state index is 11.4. The van der Waals surface area contributed by atoms with Gasteiger partial charge in [0.25, 0.3) is 0 Å². The fourth-order valence-corrected chi connectivity index (χ4v) is 4.73. The van der Waals surface area contributed by atoms with Crippen LogP contribution in [0.2, 0.25) is 0 Å². The lowest BCUT2D eigenvalue weighted by molar-refractivity contribution is 0.268. The molecule has 0 aromatic heterocycles. The maximum Gasteiger partial charge on any atom is 0.229 e. The van der Waals surface area contributed by atoms with Crippen LogP contribution in [0.15, 0.2) is 54.6 Å². The highest BCUT2D eigenvalue weighted by Crippen LogP contribution is 2.44. The summed E-state index contributed by atoms with van der Waals surface area (Å²) in [5.74, 6) is 0. The monoisotopic (exact) mass is 368 g/mol. The highest BCUT2D eigenvalue weighted by Gasteiger charge is 2.34.